The first-order chi connectivity index (χ1) is 9.91. The van der Waals surface area contributed by atoms with Gasteiger partial charge in [-0.15, -0.1) is 0 Å². The van der Waals surface area contributed by atoms with Crippen LogP contribution in [0, 0.1) is 0 Å². The largest absolute Gasteiger partial charge is 0.438 e. The molecule has 0 atom stereocenters. The van der Waals surface area contributed by atoms with Crippen LogP contribution in [0.4, 0.5) is 0 Å². The van der Waals surface area contributed by atoms with Gasteiger partial charge in [0.25, 0.3) is 15.9 Å². The predicted octanol–water partition coefficient (Wildman–Crippen LogP) is 0.225. The summed E-state index contributed by atoms with van der Waals surface area (Å²) in [4.78, 5) is 18.8. The molecule has 0 fully saturated rings. The lowest BCUT2D eigenvalue weighted by atomic mass is 10.3. The average molecular weight is 312 g/mol. The van der Waals surface area contributed by atoms with Crippen LogP contribution >= 0.6 is 0 Å². The summed E-state index contributed by atoms with van der Waals surface area (Å²) in [6, 6.07) is 2.59. The number of sulfonamides is 1. The highest BCUT2D eigenvalue weighted by Crippen LogP contribution is 2.16. The van der Waals surface area contributed by atoms with Gasteiger partial charge in [0.1, 0.15) is 5.82 Å². The van der Waals surface area contributed by atoms with Crippen molar-refractivity contribution in [2.75, 3.05) is 20.6 Å². The van der Waals surface area contributed by atoms with Crippen molar-refractivity contribution in [1.82, 2.24) is 19.6 Å². The third-order valence-corrected chi connectivity index (χ3v) is 4.43. The summed E-state index contributed by atoms with van der Waals surface area (Å²) in [5.74, 6) is 0.238. The molecule has 0 spiro atoms. The van der Waals surface area contributed by atoms with E-state index in [0.717, 1.165) is 10.1 Å². The number of hydrogen-bond donors (Lipinski definition) is 2. The van der Waals surface area contributed by atoms with Gasteiger partial charge < -0.3 is 14.7 Å². The quantitative estimate of drug-likeness (QED) is 0.793. The van der Waals surface area contributed by atoms with Gasteiger partial charge in [-0.05, 0) is 12.1 Å². The van der Waals surface area contributed by atoms with Crippen LogP contribution in [0.2, 0.25) is 0 Å². The lowest BCUT2D eigenvalue weighted by Gasteiger charge is -2.07. The van der Waals surface area contributed by atoms with Gasteiger partial charge in [0.2, 0.25) is 5.09 Å². The Balaban J connectivity index is 1.96. The fraction of sp³-hybridized carbons (Fsp3) is 0.333. The molecule has 8 nitrogen and oxygen atoms in total. The number of aromatic amines is 1. The monoisotopic (exact) mass is 312 g/mol. The van der Waals surface area contributed by atoms with Crippen LogP contribution in [0.25, 0.3) is 0 Å². The molecule has 0 saturated carbocycles. The summed E-state index contributed by atoms with van der Waals surface area (Å²) in [5.41, 5.74) is 0. The molecule has 9 heteroatoms. The average Bonchev–Trinajstić information content (AvgIpc) is 3.09. The third-order valence-electron chi connectivity index (χ3n) is 2.74. The molecule has 2 aromatic heterocycles. The van der Waals surface area contributed by atoms with E-state index in [4.69, 9.17) is 4.42 Å². The lowest BCUT2D eigenvalue weighted by molar-refractivity contribution is 0.0921. The maximum atomic E-state index is 11.8. The fourth-order valence-electron chi connectivity index (χ4n) is 1.58. The van der Waals surface area contributed by atoms with E-state index in [1.54, 1.807) is 12.4 Å². The first-order valence-electron chi connectivity index (χ1n) is 6.20. The van der Waals surface area contributed by atoms with Gasteiger partial charge in [-0.3, -0.25) is 4.79 Å². The molecule has 0 saturated heterocycles. The van der Waals surface area contributed by atoms with E-state index in [-0.39, 0.29) is 10.9 Å². The highest BCUT2D eigenvalue weighted by Gasteiger charge is 2.23. The van der Waals surface area contributed by atoms with Gasteiger partial charge in [0.15, 0.2) is 5.76 Å². The second-order valence-electron chi connectivity index (χ2n) is 4.45. The number of nitrogens with one attached hydrogen (secondary N) is 2. The molecule has 0 bridgehead atoms. The standard InChI is InChI=1S/C12H16N4O4S/c1-16(2)21(18,19)11-4-3-9(20-11)12(17)15-6-5-10-13-7-8-14-10/h3-4,7-8H,5-6H2,1-2H3,(H,13,14)(H,15,17). The minimum Gasteiger partial charge on any atom is -0.438 e. The number of rotatable bonds is 6. The smallest absolute Gasteiger partial charge is 0.287 e. The third kappa shape index (κ3) is 3.50. The second kappa shape index (κ2) is 6.10. The number of aromatic nitrogens is 2. The topological polar surface area (TPSA) is 108 Å². The van der Waals surface area contributed by atoms with Gasteiger partial charge in [-0.1, -0.05) is 0 Å². The van der Waals surface area contributed by atoms with Crippen molar-refractivity contribution in [2.45, 2.75) is 11.5 Å². The van der Waals surface area contributed by atoms with Crippen molar-refractivity contribution in [3.05, 3.63) is 36.1 Å². The Hall–Kier alpha value is -2.13. The van der Waals surface area contributed by atoms with Gasteiger partial charge in [-0.25, -0.2) is 17.7 Å². The highest BCUT2D eigenvalue weighted by molar-refractivity contribution is 7.88. The van der Waals surface area contributed by atoms with Crippen LogP contribution in [-0.4, -0.2) is 49.2 Å². The number of furan rings is 1. The molecule has 21 heavy (non-hydrogen) atoms. The number of imidazole rings is 1. The molecule has 0 aliphatic heterocycles. The molecule has 0 aliphatic carbocycles. The van der Waals surface area contributed by atoms with Crippen molar-refractivity contribution >= 4 is 15.9 Å². The zero-order chi connectivity index (χ0) is 15.5. The van der Waals surface area contributed by atoms with E-state index >= 15 is 0 Å². The van der Waals surface area contributed by atoms with Crippen LogP contribution < -0.4 is 5.32 Å². The van der Waals surface area contributed by atoms with Crippen molar-refractivity contribution in [3.8, 4) is 0 Å². The van der Waals surface area contributed by atoms with Crippen LogP contribution in [-0.2, 0) is 16.4 Å². The van der Waals surface area contributed by atoms with Gasteiger partial charge in [-0.2, -0.15) is 0 Å². The molecule has 2 heterocycles. The predicted molar refractivity (Wildman–Crippen MR) is 74.2 cm³/mol. The Kier molecular flexibility index (Phi) is 4.43. The van der Waals surface area contributed by atoms with Crippen molar-refractivity contribution in [3.63, 3.8) is 0 Å². The second-order valence-corrected chi connectivity index (χ2v) is 6.53. The number of H-pyrrole nitrogens is 1. The van der Waals surface area contributed by atoms with E-state index in [0.29, 0.717) is 13.0 Å². The zero-order valence-electron chi connectivity index (χ0n) is 11.7. The fourth-order valence-corrected chi connectivity index (χ4v) is 2.37. The Morgan fingerprint density at radius 2 is 2.19 bits per heavy atom. The highest BCUT2D eigenvalue weighted by atomic mass is 32.2. The molecule has 0 unspecified atom stereocenters. The van der Waals surface area contributed by atoms with E-state index < -0.39 is 15.9 Å². The number of carbonyl (C=O) groups is 1. The van der Waals surface area contributed by atoms with E-state index in [1.807, 2.05) is 0 Å². The first kappa shape index (κ1) is 15.3. The molecule has 0 aliphatic rings. The molecule has 114 valence electrons. The molecule has 1 amide bonds. The van der Waals surface area contributed by atoms with Crippen molar-refractivity contribution < 1.29 is 17.6 Å². The summed E-state index contributed by atoms with van der Waals surface area (Å²) in [6.45, 7) is 0.364. The summed E-state index contributed by atoms with van der Waals surface area (Å²) < 4.78 is 29.8. The Morgan fingerprint density at radius 3 is 2.81 bits per heavy atom. The van der Waals surface area contributed by atoms with E-state index in [9.17, 15) is 13.2 Å². The molecular formula is C12H16N4O4S. The maximum Gasteiger partial charge on any atom is 0.287 e. The first-order valence-corrected chi connectivity index (χ1v) is 7.64. The summed E-state index contributed by atoms with van der Waals surface area (Å²) in [6.07, 6.45) is 3.87. The molecule has 0 radical (unpaired) electrons. The van der Waals surface area contributed by atoms with Crippen molar-refractivity contribution in [2.24, 2.45) is 0 Å². The molecule has 2 rings (SSSR count). The maximum absolute atomic E-state index is 11.8. The number of nitrogens with zero attached hydrogens (tertiary/aromatic N) is 2. The zero-order valence-corrected chi connectivity index (χ0v) is 12.5. The normalized spacial score (nSPS) is 11.8. The van der Waals surface area contributed by atoms with E-state index in [2.05, 4.69) is 15.3 Å². The SMILES string of the molecule is CN(C)S(=O)(=O)c1ccc(C(=O)NCCc2ncc[nH]2)o1. The Labute approximate surface area is 122 Å². The Bertz CT molecular complexity index is 703. The van der Waals surface area contributed by atoms with Crippen LogP contribution in [0.15, 0.2) is 34.0 Å². The van der Waals surface area contributed by atoms with Crippen LogP contribution in [0.3, 0.4) is 0 Å². The van der Waals surface area contributed by atoms with Gasteiger partial charge in [0, 0.05) is 39.5 Å². The van der Waals surface area contributed by atoms with Crippen LogP contribution in [0.5, 0.6) is 0 Å². The van der Waals surface area contributed by atoms with Gasteiger partial charge >= 0.3 is 0 Å². The number of amides is 1. The molecule has 2 N–H and O–H groups in total. The molecular weight excluding hydrogens is 296 g/mol. The molecule has 2 aromatic rings. The van der Waals surface area contributed by atoms with E-state index in [1.165, 1.54) is 26.2 Å². The van der Waals surface area contributed by atoms with Crippen LogP contribution in [0.1, 0.15) is 16.4 Å². The summed E-state index contributed by atoms with van der Waals surface area (Å²) in [7, 11) is -0.894. The minimum absolute atomic E-state index is 0.0464. The summed E-state index contributed by atoms with van der Waals surface area (Å²) >= 11 is 0. The number of hydrogen-bond acceptors (Lipinski definition) is 5. The summed E-state index contributed by atoms with van der Waals surface area (Å²) in [5, 5.41) is 2.37. The van der Waals surface area contributed by atoms with Gasteiger partial charge in [0.05, 0.1) is 0 Å². The Morgan fingerprint density at radius 1 is 1.43 bits per heavy atom. The van der Waals surface area contributed by atoms with Crippen molar-refractivity contribution in [1.29, 1.82) is 0 Å². The molecule has 0 aromatic carbocycles. The minimum atomic E-state index is -3.67. The number of carbonyl (C=O) groups excluding carboxylic acids is 1. The lowest BCUT2D eigenvalue weighted by Crippen LogP contribution is -2.25.